The van der Waals surface area contributed by atoms with Gasteiger partial charge in [-0.25, -0.2) is 9.97 Å². The average Bonchev–Trinajstić information content (AvgIpc) is 3.49. The minimum Gasteiger partial charge on any atom is -0.497 e. The number of carbonyl (C=O) groups is 1. The number of rotatable bonds is 10. The average molecular weight is 487 g/mol. The number of anilines is 1. The molecule has 0 aliphatic carbocycles. The smallest absolute Gasteiger partial charge is 0.266 e. The highest BCUT2D eigenvalue weighted by molar-refractivity contribution is 7.22. The Morgan fingerprint density at radius 3 is 2.64 bits per heavy atom. The highest BCUT2D eigenvalue weighted by atomic mass is 35.5. The number of thiazole rings is 1. The van der Waals surface area contributed by atoms with Crippen LogP contribution in [-0.4, -0.2) is 40.7 Å². The van der Waals surface area contributed by atoms with Gasteiger partial charge in [-0.2, -0.15) is 0 Å². The molecule has 0 bridgehead atoms. The lowest BCUT2D eigenvalue weighted by Crippen LogP contribution is -2.36. The molecule has 0 radical (unpaired) electrons. The van der Waals surface area contributed by atoms with E-state index in [0.29, 0.717) is 17.4 Å². The summed E-state index contributed by atoms with van der Waals surface area (Å²) in [6, 6.07) is 13.5. The number of aryl methyl sites for hydroxylation is 2. The van der Waals surface area contributed by atoms with Crippen LogP contribution in [0, 0.1) is 0 Å². The van der Waals surface area contributed by atoms with E-state index in [1.165, 1.54) is 5.56 Å². The summed E-state index contributed by atoms with van der Waals surface area (Å²) in [7, 11) is 1.61. The first kappa shape index (κ1) is 24.5. The SMILES string of the molecule is CCc1ccc2nc(N(CCCn3ccnc3)C(=O)COc3ccc(OC)cc3)sc2c1.Cl. The Kier molecular flexibility index (Phi) is 8.68. The molecular formula is C24H27ClN4O3S. The van der Waals surface area contributed by atoms with E-state index in [9.17, 15) is 4.79 Å². The lowest BCUT2D eigenvalue weighted by molar-refractivity contribution is -0.120. The van der Waals surface area contributed by atoms with Crippen molar-refractivity contribution in [2.75, 3.05) is 25.2 Å². The molecule has 2 aromatic carbocycles. The molecule has 0 atom stereocenters. The molecule has 0 N–H and O–H groups in total. The highest BCUT2D eigenvalue weighted by Crippen LogP contribution is 2.30. The molecule has 174 valence electrons. The lowest BCUT2D eigenvalue weighted by Gasteiger charge is -2.20. The van der Waals surface area contributed by atoms with Crippen molar-refractivity contribution in [3.8, 4) is 11.5 Å². The maximum Gasteiger partial charge on any atom is 0.266 e. The summed E-state index contributed by atoms with van der Waals surface area (Å²) < 4.78 is 14.0. The van der Waals surface area contributed by atoms with Crippen LogP contribution in [0.5, 0.6) is 11.5 Å². The zero-order chi connectivity index (χ0) is 22.3. The number of carbonyl (C=O) groups excluding carboxylic acids is 1. The fourth-order valence-corrected chi connectivity index (χ4v) is 4.42. The van der Waals surface area contributed by atoms with E-state index in [1.54, 1.807) is 48.0 Å². The maximum atomic E-state index is 13.2. The van der Waals surface area contributed by atoms with E-state index in [0.717, 1.165) is 35.4 Å². The van der Waals surface area contributed by atoms with Crippen molar-refractivity contribution in [2.24, 2.45) is 0 Å². The number of nitrogens with zero attached hydrogens (tertiary/aromatic N) is 4. The summed E-state index contributed by atoms with van der Waals surface area (Å²) in [6.45, 7) is 3.39. The Bertz CT molecular complexity index is 1160. The first-order valence-electron chi connectivity index (χ1n) is 10.6. The molecule has 7 nitrogen and oxygen atoms in total. The normalized spacial score (nSPS) is 10.6. The number of hydrogen-bond donors (Lipinski definition) is 0. The molecule has 0 unspecified atom stereocenters. The number of imidazole rings is 1. The molecule has 1 amide bonds. The van der Waals surface area contributed by atoms with Crippen LogP contribution in [0.1, 0.15) is 18.9 Å². The van der Waals surface area contributed by atoms with Crippen molar-refractivity contribution in [3.05, 3.63) is 66.7 Å². The first-order chi connectivity index (χ1) is 15.7. The van der Waals surface area contributed by atoms with Crippen LogP contribution >= 0.6 is 23.7 Å². The minimum atomic E-state index is -0.124. The molecule has 33 heavy (non-hydrogen) atoms. The van der Waals surface area contributed by atoms with Gasteiger partial charge in [0.15, 0.2) is 11.7 Å². The van der Waals surface area contributed by atoms with Crippen LogP contribution in [0.25, 0.3) is 10.2 Å². The zero-order valence-electron chi connectivity index (χ0n) is 18.6. The topological polar surface area (TPSA) is 69.5 Å². The molecule has 0 fully saturated rings. The van der Waals surface area contributed by atoms with E-state index in [2.05, 4.69) is 24.0 Å². The van der Waals surface area contributed by atoms with Crippen LogP contribution in [0.4, 0.5) is 5.13 Å². The van der Waals surface area contributed by atoms with Gasteiger partial charge in [0.1, 0.15) is 11.5 Å². The third-order valence-corrected chi connectivity index (χ3v) is 6.20. The van der Waals surface area contributed by atoms with Gasteiger partial charge < -0.3 is 14.0 Å². The fraction of sp³-hybridized carbons (Fsp3) is 0.292. The third-order valence-electron chi connectivity index (χ3n) is 5.16. The van der Waals surface area contributed by atoms with E-state index in [1.807, 2.05) is 29.0 Å². The number of halogens is 1. The molecule has 9 heteroatoms. The first-order valence-corrected chi connectivity index (χ1v) is 11.4. The summed E-state index contributed by atoms with van der Waals surface area (Å²) >= 11 is 1.54. The molecule has 0 saturated carbocycles. The van der Waals surface area contributed by atoms with Gasteiger partial charge >= 0.3 is 0 Å². The second-order valence-corrected chi connectivity index (χ2v) is 8.32. The molecule has 0 aliphatic heterocycles. The Balaban J connectivity index is 0.00000306. The second kappa shape index (κ2) is 11.7. The highest BCUT2D eigenvalue weighted by Gasteiger charge is 2.20. The van der Waals surface area contributed by atoms with Gasteiger partial charge in [0.05, 0.1) is 23.7 Å². The van der Waals surface area contributed by atoms with Gasteiger partial charge in [-0.05, 0) is 54.8 Å². The minimum absolute atomic E-state index is 0. The maximum absolute atomic E-state index is 13.2. The number of ether oxygens (including phenoxy) is 2. The van der Waals surface area contributed by atoms with E-state index >= 15 is 0 Å². The molecule has 0 saturated heterocycles. The largest absolute Gasteiger partial charge is 0.497 e. The van der Waals surface area contributed by atoms with Gasteiger partial charge in [-0.1, -0.05) is 24.3 Å². The zero-order valence-corrected chi connectivity index (χ0v) is 20.3. The summed E-state index contributed by atoms with van der Waals surface area (Å²) in [5.74, 6) is 1.24. The Morgan fingerprint density at radius 2 is 1.94 bits per heavy atom. The van der Waals surface area contributed by atoms with Crippen LogP contribution in [0.2, 0.25) is 0 Å². The lowest BCUT2D eigenvalue weighted by atomic mass is 10.2. The van der Waals surface area contributed by atoms with E-state index in [-0.39, 0.29) is 24.9 Å². The number of benzene rings is 2. The van der Waals surface area contributed by atoms with Crippen LogP contribution in [0.15, 0.2) is 61.2 Å². The number of methoxy groups -OCH3 is 1. The van der Waals surface area contributed by atoms with Crippen molar-refractivity contribution in [3.63, 3.8) is 0 Å². The van der Waals surface area contributed by atoms with Crippen LogP contribution < -0.4 is 14.4 Å². The van der Waals surface area contributed by atoms with Crippen molar-refractivity contribution in [1.82, 2.24) is 14.5 Å². The summed E-state index contributed by atoms with van der Waals surface area (Å²) in [6.07, 6.45) is 7.20. The van der Waals surface area contributed by atoms with Gasteiger partial charge in [-0.3, -0.25) is 9.69 Å². The van der Waals surface area contributed by atoms with Crippen molar-refractivity contribution >= 4 is 45.0 Å². The molecule has 0 aliphatic rings. The summed E-state index contributed by atoms with van der Waals surface area (Å²) in [5.41, 5.74) is 2.17. The molecule has 2 heterocycles. The Labute approximate surface area is 203 Å². The Hall–Kier alpha value is -3.10. The second-order valence-electron chi connectivity index (χ2n) is 7.32. The molecule has 4 rings (SSSR count). The number of amides is 1. The van der Waals surface area contributed by atoms with E-state index < -0.39 is 0 Å². The molecule has 2 aromatic heterocycles. The Morgan fingerprint density at radius 1 is 1.15 bits per heavy atom. The standard InChI is InChI=1S/C24H26N4O3S.ClH/c1-3-18-5-10-21-22(15-18)32-24(26-21)28(13-4-12-27-14-11-25-17-27)23(29)16-31-20-8-6-19(30-2)7-9-20;/h5-11,14-15,17H,3-4,12-13,16H2,1-2H3;1H. The van der Waals surface area contributed by atoms with Crippen LogP contribution in [0.3, 0.4) is 0 Å². The number of aromatic nitrogens is 3. The quantitative estimate of drug-likeness (QED) is 0.316. The fourth-order valence-electron chi connectivity index (χ4n) is 3.34. The van der Waals surface area contributed by atoms with Crippen molar-refractivity contribution < 1.29 is 14.3 Å². The predicted octanol–water partition coefficient (Wildman–Crippen LogP) is 4.99. The van der Waals surface area contributed by atoms with Gasteiger partial charge in [0, 0.05) is 25.5 Å². The van der Waals surface area contributed by atoms with Crippen LogP contribution in [-0.2, 0) is 17.8 Å². The molecular weight excluding hydrogens is 460 g/mol. The predicted molar refractivity (Wildman–Crippen MR) is 134 cm³/mol. The molecule has 4 aromatic rings. The van der Waals surface area contributed by atoms with Crippen molar-refractivity contribution in [1.29, 1.82) is 0 Å². The van der Waals surface area contributed by atoms with Gasteiger partial charge in [0.25, 0.3) is 5.91 Å². The van der Waals surface area contributed by atoms with Gasteiger partial charge in [-0.15, -0.1) is 12.4 Å². The van der Waals surface area contributed by atoms with Gasteiger partial charge in [0.2, 0.25) is 0 Å². The van der Waals surface area contributed by atoms with Crippen molar-refractivity contribution in [2.45, 2.75) is 26.3 Å². The number of hydrogen-bond acceptors (Lipinski definition) is 6. The summed E-state index contributed by atoms with van der Waals surface area (Å²) in [5, 5.41) is 0.696. The monoisotopic (exact) mass is 486 g/mol. The van der Waals surface area contributed by atoms with E-state index in [4.69, 9.17) is 14.5 Å². The third kappa shape index (κ3) is 6.24. The molecule has 0 spiro atoms. The number of fused-ring (bicyclic) bond motifs is 1. The summed E-state index contributed by atoms with van der Waals surface area (Å²) in [4.78, 5) is 23.7.